The summed E-state index contributed by atoms with van der Waals surface area (Å²) in [5.74, 6) is -0.132. The number of hydrogen-bond donors (Lipinski definition) is 1. The van der Waals surface area contributed by atoms with Crippen molar-refractivity contribution in [1.82, 2.24) is 5.32 Å². The van der Waals surface area contributed by atoms with E-state index in [-0.39, 0.29) is 5.91 Å². The van der Waals surface area contributed by atoms with Crippen LogP contribution >= 0.6 is 0 Å². The Morgan fingerprint density at radius 2 is 2.20 bits per heavy atom. The van der Waals surface area contributed by atoms with E-state index >= 15 is 0 Å². The third-order valence-corrected chi connectivity index (χ3v) is 1.55. The van der Waals surface area contributed by atoms with Crippen LogP contribution in [0.15, 0.2) is 42.0 Å². The summed E-state index contributed by atoms with van der Waals surface area (Å²) in [5, 5.41) is 2.68. The van der Waals surface area contributed by atoms with Gasteiger partial charge in [0.25, 0.3) is 0 Å². The molecule has 0 aromatic rings. The lowest BCUT2D eigenvalue weighted by Crippen LogP contribution is -2.22. The van der Waals surface area contributed by atoms with Gasteiger partial charge in [-0.1, -0.05) is 24.8 Å². The Hall–Kier alpha value is -1.64. The van der Waals surface area contributed by atoms with E-state index in [1.165, 1.54) is 6.08 Å². The van der Waals surface area contributed by atoms with E-state index in [0.29, 0.717) is 6.54 Å². The first-order chi connectivity index (χ1) is 7.31. The van der Waals surface area contributed by atoms with Crippen LogP contribution in [0.25, 0.3) is 0 Å². The molecule has 3 nitrogen and oxygen atoms in total. The molecular weight excluding hydrogens is 188 g/mol. The second-order valence-corrected chi connectivity index (χ2v) is 2.81. The molecule has 82 valence electrons. The molecule has 0 saturated heterocycles. The average molecular weight is 206 g/mol. The van der Waals surface area contributed by atoms with E-state index in [4.69, 9.17) is 0 Å². The van der Waals surface area contributed by atoms with Crippen molar-refractivity contribution in [2.75, 3.05) is 13.1 Å². The van der Waals surface area contributed by atoms with E-state index in [0.717, 1.165) is 13.0 Å². The fourth-order valence-electron chi connectivity index (χ4n) is 0.814. The van der Waals surface area contributed by atoms with Gasteiger partial charge in [0.1, 0.15) is 0 Å². The van der Waals surface area contributed by atoms with Gasteiger partial charge in [0.15, 0.2) is 0 Å². The molecule has 1 amide bonds. The summed E-state index contributed by atoms with van der Waals surface area (Å²) in [6, 6.07) is 0. The molecule has 0 aliphatic rings. The zero-order valence-electron chi connectivity index (χ0n) is 9.15. The molecule has 15 heavy (non-hydrogen) atoms. The molecule has 0 heterocycles. The maximum atomic E-state index is 10.7. The standard InChI is InChI=1S/C12H18N2O/c1-3-5-6-7-9-13-10-8-11-14-12(15)4-2/h3-7,9H,2,8,10-11H2,1H3,(H,14,15)/b5-3-,7-6-,13-9?. The Bertz CT molecular complexity index is 265. The summed E-state index contributed by atoms with van der Waals surface area (Å²) in [4.78, 5) is 14.9. The number of nitrogens with one attached hydrogen (secondary N) is 1. The summed E-state index contributed by atoms with van der Waals surface area (Å²) in [6.07, 6.45) is 11.6. The molecule has 0 radical (unpaired) electrons. The van der Waals surface area contributed by atoms with Gasteiger partial charge in [-0.2, -0.15) is 0 Å². The predicted molar refractivity (Wildman–Crippen MR) is 65.1 cm³/mol. The molecule has 1 N–H and O–H groups in total. The number of hydrogen-bond acceptors (Lipinski definition) is 2. The smallest absolute Gasteiger partial charge is 0.243 e. The third-order valence-electron chi connectivity index (χ3n) is 1.55. The molecule has 0 rings (SSSR count). The minimum Gasteiger partial charge on any atom is -0.353 e. The lowest BCUT2D eigenvalue weighted by Gasteiger charge is -1.98. The van der Waals surface area contributed by atoms with Crippen LogP contribution in [0.4, 0.5) is 0 Å². The molecule has 0 saturated carbocycles. The van der Waals surface area contributed by atoms with Gasteiger partial charge in [-0.05, 0) is 25.5 Å². The number of rotatable bonds is 7. The van der Waals surface area contributed by atoms with E-state index in [1.54, 1.807) is 6.21 Å². The van der Waals surface area contributed by atoms with Gasteiger partial charge in [0.05, 0.1) is 0 Å². The molecule has 0 aliphatic carbocycles. The number of carbonyl (C=O) groups is 1. The highest BCUT2D eigenvalue weighted by Crippen LogP contribution is 1.80. The van der Waals surface area contributed by atoms with Crippen LogP contribution in [0.2, 0.25) is 0 Å². The highest BCUT2D eigenvalue weighted by atomic mass is 16.1. The second-order valence-electron chi connectivity index (χ2n) is 2.81. The van der Waals surface area contributed by atoms with E-state index in [9.17, 15) is 4.79 Å². The van der Waals surface area contributed by atoms with Crippen LogP contribution in [-0.2, 0) is 4.79 Å². The molecule has 3 heteroatoms. The molecule has 0 fully saturated rings. The maximum absolute atomic E-state index is 10.7. The van der Waals surface area contributed by atoms with Crippen molar-refractivity contribution in [2.24, 2.45) is 4.99 Å². The van der Waals surface area contributed by atoms with Crippen LogP contribution in [0.1, 0.15) is 13.3 Å². The molecule has 0 aliphatic heterocycles. The first kappa shape index (κ1) is 13.4. The summed E-state index contributed by atoms with van der Waals surface area (Å²) in [7, 11) is 0. The van der Waals surface area contributed by atoms with E-state index in [2.05, 4.69) is 16.9 Å². The monoisotopic (exact) mass is 206 g/mol. The van der Waals surface area contributed by atoms with Gasteiger partial charge in [0, 0.05) is 19.3 Å². The minimum absolute atomic E-state index is 0.132. The largest absolute Gasteiger partial charge is 0.353 e. The Kier molecular flexibility index (Phi) is 9.30. The number of aliphatic imine (C=N–C) groups is 1. The fourth-order valence-corrected chi connectivity index (χ4v) is 0.814. The van der Waals surface area contributed by atoms with Crippen LogP contribution < -0.4 is 5.32 Å². The summed E-state index contributed by atoms with van der Waals surface area (Å²) in [5.41, 5.74) is 0. The predicted octanol–water partition coefficient (Wildman–Crippen LogP) is 1.88. The van der Waals surface area contributed by atoms with Crippen LogP contribution in [0.3, 0.4) is 0 Å². The van der Waals surface area contributed by atoms with E-state index in [1.807, 2.05) is 31.2 Å². The van der Waals surface area contributed by atoms with Gasteiger partial charge < -0.3 is 5.32 Å². The number of allylic oxidation sites excluding steroid dienone is 4. The maximum Gasteiger partial charge on any atom is 0.243 e. The highest BCUT2D eigenvalue weighted by Gasteiger charge is 1.90. The van der Waals surface area contributed by atoms with Crippen LogP contribution in [0, 0.1) is 0 Å². The Balaban J connectivity index is 3.38. The van der Waals surface area contributed by atoms with Crippen molar-refractivity contribution in [1.29, 1.82) is 0 Å². The zero-order chi connectivity index (χ0) is 11.4. The second kappa shape index (κ2) is 10.4. The molecule has 0 aromatic carbocycles. The van der Waals surface area contributed by atoms with Gasteiger partial charge in [0.2, 0.25) is 5.91 Å². The van der Waals surface area contributed by atoms with Crippen LogP contribution in [0.5, 0.6) is 0 Å². The number of amides is 1. The topological polar surface area (TPSA) is 41.5 Å². The van der Waals surface area contributed by atoms with Gasteiger partial charge in [-0.15, -0.1) is 0 Å². The van der Waals surface area contributed by atoms with Crippen molar-refractivity contribution in [3.05, 3.63) is 37.0 Å². The SMILES string of the molecule is C=CC(=O)NCCCN=C/C=C\C=C/C. The van der Waals surface area contributed by atoms with Crippen molar-refractivity contribution in [2.45, 2.75) is 13.3 Å². The highest BCUT2D eigenvalue weighted by molar-refractivity contribution is 5.86. The number of nitrogens with zero attached hydrogens (tertiary/aromatic N) is 1. The van der Waals surface area contributed by atoms with Crippen molar-refractivity contribution in [3.63, 3.8) is 0 Å². The normalized spacial score (nSPS) is 11.5. The molecule has 0 aromatic heterocycles. The lowest BCUT2D eigenvalue weighted by atomic mass is 10.4. The fraction of sp³-hybridized carbons (Fsp3) is 0.333. The quantitative estimate of drug-likeness (QED) is 0.294. The van der Waals surface area contributed by atoms with Crippen molar-refractivity contribution < 1.29 is 4.79 Å². The first-order valence-corrected chi connectivity index (χ1v) is 4.99. The molecule has 0 spiro atoms. The Morgan fingerprint density at radius 1 is 1.40 bits per heavy atom. The summed E-state index contributed by atoms with van der Waals surface area (Å²) < 4.78 is 0. The summed E-state index contributed by atoms with van der Waals surface area (Å²) >= 11 is 0. The first-order valence-electron chi connectivity index (χ1n) is 4.99. The zero-order valence-corrected chi connectivity index (χ0v) is 9.15. The average Bonchev–Trinajstić information content (AvgIpc) is 2.26. The van der Waals surface area contributed by atoms with Crippen molar-refractivity contribution >= 4 is 12.1 Å². The van der Waals surface area contributed by atoms with Gasteiger partial charge in [-0.3, -0.25) is 9.79 Å². The van der Waals surface area contributed by atoms with Gasteiger partial charge >= 0.3 is 0 Å². The van der Waals surface area contributed by atoms with Gasteiger partial charge in [-0.25, -0.2) is 0 Å². The third kappa shape index (κ3) is 10.3. The Morgan fingerprint density at radius 3 is 2.87 bits per heavy atom. The Labute approximate surface area is 91.3 Å². The molecule has 0 bridgehead atoms. The van der Waals surface area contributed by atoms with E-state index < -0.39 is 0 Å². The lowest BCUT2D eigenvalue weighted by molar-refractivity contribution is -0.116. The summed E-state index contributed by atoms with van der Waals surface area (Å²) in [6.45, 7) is 6.68. The van der Waals surface area contributed by atoms with Crippen molar-refractivity contribution in [3.8, 4) is 0 Å². The molecular formula is C12H18N2O. The molecule has 0 atom stereocenters. The minimum atomic E-state index is -0.132. The number of carbonyl (C=O) groups excluding carboxylic acids is 1. The molecule has 0 unspecified atom stereocenters. The van der Waals surface area contributed by atoms with Crippen LogP contribution in [-0.4, -0.2) is 25.2 Å².